The fourth-order valence-electron chi connectivity index (χ4n) is 3.69. The Bertz CT molecular complexity index is 1120. The van der Waals surface area contributed by atoms with Gasteiger partial charge >= 0.3 is 0 Å². The molecule has 31 heavy (non-hydrogen) atoms. The molecule has 8 heteroatoms. The Hall–Kier alpha value is -2.68. The molecule has 2 heterocycles. The average Bonchev–Trinajstić information content (AvgIpc) is 2.80. The van der Waals surface area contributed by atoms with E-state index < -0.39 is 5.91 Å². The Balaban J connectivity index is 1.54. The van der Waals surface area contributed by atoms with Crippen LogP contribution in [0.3, 0.4) is 0 Å². The molecule has 1 fully saturated rings. The standard InChI is InChI=1S/C23H23BrN2O5/c1-29-17-5-2-15(3-6-17)19(26-8-10-30-11-9-26)14-25-23(28)22-13-20(27)18-12-16(24)4-7-21(18)31-22/h2-7,12-13,19H,8-11,14H2,1H3,(H,25,28). The van der Waals surface area contributed by atoms with E-state index in [4.69, 9.17) is 13.9 Å². The number of hydrogen-bond donors (Lipinski definition) is 1. The van der Waals surface area contributed by atoms with Crippen molar-refractivity contribution in [3.05, 3.63) is 74.6 Å². The lowest BCUT2D eigenvalue weighted by atomic mass is 10.0. The molecule has 0 saturated carbocycles. The smallest absolute Gasteiger partial charge is 0.287 e. The highest BCUT2D eigenvalue weighted by molar-refractivity contribution is 9.10. The van der Waals surface area contributed by atoms with Crippen molar-refractivity contribution in [1.82, 2.24) is 10.2 Å². The highest BCUT2D eigenvalue weighted by Crippen LogP contribution is 2.24. The SMILES string of the molecule is COc1ccc(C(CNC(=O)c2cc(=O)c3cc(Br)ccc3o2)N2CCOCC2)cc1. The zero-order chi connectivity index (χ0) is 21.8. The Labute approximate surface area is 188 Å². The number of fused-ring (bicyclic) bond motifs is 1. The molecule has 1 N–H and O–H groups in total. The first-order valence-corrected chi connectivity index (χ1v) is 10.8. The summed E-state index contributed by atoms with van der Waals surface area (Å²) in [6.07, 6.45) is 0. The zero-order valence-corrected chi connectivity index (χ0v) is 18.7. The molecule has 4 rings (SSSR count). The Morgan fingerprint density at radius 3 is 2.61 bits per heavy atom. The van der Waals surface area contributed by atoms with Crippen molar-refractivity contribution < 1.29 is 18.7 Å². The van der Waals surface area contributed by atoms with Crippen molar-refractivity contribution >= 4 is 32.8 Å². The average molecular weight is 487 g/mol. The van der Waals surface area contributed by atoms with Gasteiger partial charge in [0.2, 0.25) is 0 Å². The molecule has 1 unspecified atom stereocenters. The number of hydrogen-bond acceptors (Lipinski definition) is 6. The molecule has 1 atom stereocenters. The molecule has 3 aromatic rings. The van der Waals surface area contributed by atoms with Crippen LogP contribution in [0.1, 0.15) is 22.2 Å². The zero-order valence-electron chi connectivity index (χ0n) is 17.1. The van der Waals surface area contributed by atoms with Crippen molar-refractivity contribution in [3.63, 3.8) is 0 Å². The number of amides is 1. The molecular formula is C23H23BrN2O5. The van der Waals surface area contributed by atoms with Gasteiger partial charge < -0.3 is 19.2 Å². The predicted molar refractivity (Wildman–Crippen MR) is 121 cm³/mol. The van der Waals surface area contributed by atoms with Crippen LogP contribution < -0.4 is 15.5 Å². The molecule has 162 valence electrons. The lowest BCUT2D eigenvalue weighted by molar-refractivity contribution is 0.0161. The van der Waals surface area contributed by atoms with Crippen LogP contribution in [0.4, 0.5) is 0 Å². The van der Waals surface area contributed by atoms with Crippen molar-refractivity contribution in [2.24, 2.45) is 0 Å². The normalized spacial score (nSPS) is 15.5. The second-order valence-electron chi connectivity index (χ2n) is 7.26. The fraction of sp³-hybridized carbons (Fsp3) is 0.304. The van der Waals surface area contributed by atoms with E-state index in [1.807, 2.05) is 24.3 Å². The van der Waals surface area contributed by atoms with Crippen molar-refractivity contribution in [2.75, 3.05) is 40.0 Å². The van der Waals surface area contributed by atoms with Crippen LogP contribution in [0.15, 0.2) is 62.2 Å². The predicted octanol–water partition coefficient (Wildman–Crippen LogP) is 3.37. The van der Waals surface area contributed by atoms with Gasteiger partial charge in [-0.2, -0.15) is 0 Å². The molecule has 0 spiro atoms. The van der Waals surface area contributed by atoms with Gasteiger partial charge in [-0.05, 0) is 35.9 Å². The van der Waals surface area contributed by atoms with Crippen LogP contribution >= 0.6 is 15.9 Å². The van der Waals surface area contributed by atoms with Gasteiger partial charge in [-0.25, -0.2) is 0 Å². The quantitative estimate of drug-likeness (QED) is 0.575. The summed E-state index contributed by atoms with van der Waals surface area (Å²) in [5.41, 5.74) is 1.18. The summed E-state index contributed by atoms with van der Waals surface area (Å²) in [6.45, 7) is 3.21. The van der Waals surface area contributed by atoms with Gasteiger partial charge in [0.25, 0.3) is 5.91 Å². The molecule has 2 aromatic carbocycles. The van der Waals surface area contributed by atoms with E-state index in [0.29, 0.717) is 30.7 Å². The van der Waals surface area contributed by atoms with E-state index in [1.165, 1.54) is 6.07 Å². The summed E-state index contributed by atoms with van der Waals surface area (Å²) in [6, 6.07) is 14.1. The second-order valence-corrected chi connectivity index (χ2v) is 8.18. The van der Waals surface area contributed by atoms with Crippen molar-refractivity contribution in [2.45, 2.75) is 6.04 Å². The number of morpholine rings is 1. The number of nitrogens with one attached hydrogen (secondary N) is 1. The number of carbonyl (C=O) groups excluding carboxylic acids is 1. The first-order valence-electron chi connectivity index (χ1n) is 10.0. The largest absolute Gasteiger partial charge is 0.497 e. The van der Waals surface area contributed by atoms with Crippen LogP contribution in [0.25, 0.3) is 11.0 Å². The first kappa shape index (κ1) is 21.5. The summed E-state index contributed by atoms with van der Waals surface area (Å²) in [7, 11) is 1.63. The Kier molecular flexibility index (Phi) is 6.70. The highest BCUT2D eigenvalue weighted by atomic mass is 79.9. The minimum absolute atomic E-state index is 0.00437. The van der Waals surface area contributed by atoms with E-state index in [1.54, 1.807) is 25.3 Å². The molecule has 1 amide bonds. The topological polar surface area (TPSA) is 81.0 Å². The fourth-order valence-corrected chi connectivity index (χ4v) is 4.05. The van der Waals surface area contributed by atoms with E-state index >= 15 is 0 Å². The monoisotopic (exact) mass is 486 g/mol. The van der Waals surface area contributed by atoms with E-state index in [-0.39, 0.29) is 17.2 Å². The van der Waals surface area contributed by atoms with Gasteiger partial charge in [-0.3, -0.25) is 14.5 Å². The number of methoxy groups -OCH3 is 1. The first-order chi connectivity index (χ1) is 15.0. The minimum Gasteiger partial charge on any atom is -0.497 e. The lowest BCUT2D eigenvalue weighted by Gasteiger charge is -2.35. The van der Waals surface area contributed by atoms with Crippen LogP contribution in [0.2, 0.25) is 0 Å². The van der Waals surface area contributed by atoms with Crippen molar-refractivity contribution in [3.8, 4) is 5.75 Å². The molecule has 1 saturated heterocycles. The highest BCUT2D eigenvalue weighted by Gasteiger charge is 2.24. The molecule has 1 aromatic heterocycles. The van der Waals surface area contributed by atoms with Crippen LogP contribution in [-0.2, 0) is 4.74 Å². The third-order valence-corrected chi connectivity index (χ3v) is 5.85. The minimum atomic E-state index is -0.423. The molecule has 1 aliphatic rings. The molecule has 0 radical (unpaired) electrons. The van der Waals surface area contributed by atoms with Crippen LogP contribution in [0.5, 0.6) is 5.75 Å². The van der Waals surface area contributed by atoms with Crippen molar-refractivity contribution in [1.29, 1.82) is 0 Å². The number of ether oxygens (including phenoxy) is 2. The number of benzene rings is 2. The maximum Gasteiger partial charge on any atom is 0.287 e. The van der Waals surface area contributed by atoms with E-state index in [0.717, 1.165) is 28.9 Å². The van der Waals surface area contributed by atoms with E-state index in [2.05, 4.69) is 26.1 Å². The van der Waals surface area contributed by atoms with Gasteiger partial charge in [0.1, 0.15) is 11.3 Å². The second kappa shape index (κ2) is 9.64. The molecule has 0 aliphatic carbocycles. The van der Waals surface area contributed by atoms with Gasteiger partial charge in [0.05, 0.1) is 31.8 Å². The van der Waals surface area contributed by atoms with Gasteiger partial charge in [0.15, 0.2) is 11.2 Å². The third-order valence-electron chi connectivity index (χ3n) is 5.36. The summed E-state index contributed by atoms with van der Waals surface area (Å²) in [4.78, 5) is 27.5. The van der Waals surface area contributed by atoms with Crippen LogP contribution in [0, 0.1) is 0 Å². The summed E-state index contributed by atoms with van der Waals surface area (Å²) >= 11 is 3.34. The third kappa shape index (κ3) is 4.98. The summed E-state index contributed by atoms with van der Waals surface area (Å²) in [5, 5.41) is 3.36. The molecule has 0 bridgehead atoms. The number of carbonyl (C=O) groups is 1. The number of halogens is 1. The lowest BCUT2D eigenvalue weighted by Crippen LogP contribution is -2.43. The Morgan fingerprint density at radius 1 is 1.16 bits per heavy atom. The molecular weight excluding hydrogens is 464 g/mol. The van der Waals surface area contributed by atoms with Crippen LogP contribution in [-0.4, -0.2) is 50.8 Å². The molecule has 1 aliphatic heterocycles. The summed E-state index contributed by atoms with van der Waals surface area (Å²) in [5.74, 6) is 0.349. The number of nitrogens with zero attached hydrogens (tertiary/aromatic N) is 1. The van der Waals surface area contributed by atoms with E-state index in [9.17, 15) is 9.59 Å². The number of rotatable bonds is 6. The Morgan fingerprint density at radius 2 is 1.90 bits per heavy atom. The maximum absolute atomic E-state index is 12.8. The van der Waals surface area contributed by atoms with Gasteiger partial charge in [0, 0.05) is 30.2 Å². The maximum atomic E-state index is 12.8. The van der Waals surface area contributed by atoms with Gasteiger partial charge in [-0.1, -0.05) is 28.1 Å². The van der Waals surface area contributed by atoms with Gasteiger partial charge in [-0.15, -0.1) is 0 Å². The summed E-state index contributed by atoms with van der Waals surface area (Å²) < 4.78 is 17.2. The molecule has 7 nitrogen and oxygen atoms in total.